The van der Waals surface area contributed by atoms with Gasteiger partial charge in [0.2, 0.25) is 0 Å². The first-order valence-electron chi connectivity index (χ1n) is 6.62. The van der Waals surface area contributed by atoms with Gasteiger partial charge in [-0.2, -0.15) is 12.6 Å². The Labute approximate surface area is 120 Å². The highest BCUT2D eigenvalue weighted by atomic mass is 32.2. The average Bonchev–Trinajstić information content (AvgIpc) is 2.83. The molecule has 18 heavy (non-hydrogen) atoms. The van der Waals surface area contributed by atoms with E-state index in [4.69, 9.17) is 0 Å². The average molecular weight is 282 g/mol. The summed E-state index contributed by atoms with van der Waals surface area (Å²) in [6, 6.07) is 0. The molecule has 0 saturated heterocycles. The highest BCUT2D eigenvalue weighted by Crippen LogP contribution is 2.42. The van der Waals surface area contributed by atoms with E-state index in [1.54, 1.807) is 0 Å². The fourth-order valence-corrected chi connectivity index (χ4v) is 4.31. The van der Waals surface area contributed by atoms with Gasteiger partial charge in [0, 0.05) is 17.1 Å². The molecule has 4 heteroatoms. The van der Waals surface area contributed by atoms with Crippen molar-refractivity contribution < 1.29 is 0 Å². The maximum atomic E-state index is 4.59. The molecule has 0 spiro atoms. The lowest BCUT2D eigenvalue weighted by Gasteiger charge is -2.25. The van der Waals surface area contributed by atoms with Crippen molar-refractivity contribution in [2.24, 2.45) is 5.41 Å². The molecule has 1 aromatic heterocycles. The van der Waals surface area contributed by atoms with Crippen LogP contribution in [-0.2, 0) is 0 Å². The minimum Gasteiger partial charge on any atom is -0.228 e. The fourth-order valence-electron chi connectivity index (χ4n) is 2.50. The topological polar surface area (TPSA) is 25.8 Å². The molecule has 1 aromatic rings. The Bertz CT molecular complexity index is 403. The summed E-state index contributed by atoms with van der Waals surface area (Å²) >= 11 is 6.36. The van der Waals surface area contributed by atoms with Crippen molar-refractivity contribution in [1.82, 2.24) is 9.97 Å². The number of hydrogen-bond acceptors (Lipinski definition) is 4. The van der Waals surface area contributed by atoms with Gasteiger partial charge in [0.1, 0.15) is 0 Å². The maximum absolute atomic E-state index is 4.59. The number of thiol groups is 1. The number of aryl methyl sites for hydroxylation is 2. The Morgan fingerprint density at radius 1 is 1.11 bits per heavy atom. The van der Waals surface area contributed by atoms with E-state index in [0.717, 1.165) is 28.0 Å². The monoisotopic (exact) mass is 282 g/mol. The predicted molar refractivity (Wildman–Crippen MR) is 81.7 cm³/mol. The predicted octanol–water partition coefficient (Wildman–Crippen LogP) is 3.98. The second kappa shape index (κ2) is 5.83. The van der Waals surface area contributed by atoms with E-state index in [1.165, 1.54) is 31.2 Å². The summed E-state index contributed by atoms with van der Waals surface area (Å²) in [6.07, 6.45) is 5.34. The van der Waals surface area contributed by atoms with Crippen molar-refractivity contribution in [2.75, 3.05) is 11.5 Å². The number of hydrogen-bond donors (Lipinski definition) is 1. The molecule has 0 radical (unpaired) electrons. The third-order valence-electron chi connectivity index (χ3n) is 4.12. The molecule has 1 aliphatic rings. The fraction of sp³-hybridized carbons (Fsp3) is 0.714. The molecule has 0 aliphatic heterocycles. The molecule has 1 fully saturated rings. The van der Waals surface area contributed by atoms with Crippen LogP contribution in [0.1, 0.15) is 42.6 Å². The quantitative estimate of drug-likeness (QED) is 0.514. The van der Waals surface area contributed by atoms with Crippen LogP contribution in [0.5, 0.6) is 0 Å². The van der Waals surface area contributed by atoms with Gasteiger partial charge in [0.25, 0.3) is 0 Å². The van der Waals surface area contributed by atoms with E-state index in [0.29, 0.717) is 5.41 Å². The van der Waals surface area contributed by atoms with Crippen molar-refractivity contribution >= 4 is 24.4 Å². The van der Waals surface area contributed by atoms with Crippen LogP contribution >= 0.6 is 24.4 Å². The van der Waals surface area contributed by atoms with Crippen molar-refractivity contribution in [2.45, 2.75) is 51.6 Å². The minimum absolute atomic E-state index is 0.420. The standard InChI is InChI=1S/C14H22N2S2/c1-10-11(2)15-13(16-12(10)3)18-9-14(8-17)6-4-5-7-14/h17H,4-9H2,1-3H3. The van der Waals surface area contributed by atoms with Gasteiger partial charge >= 0.3 is 0 Å². The van der Waals surface area contributed by atoms with Gasteiger partial charge in [-0.25, -0.2) is 9.97 Å². The van der Waals surface area contributed by atoms with Crippen LogP contribution in [0.15, 0.2) is 5.16 Å². The van der Waals surface area contributed by atoms with Crippen LogP contribution in [0, 0.1) is 26.2 Å². The molecular weight excluding hydrogens is 260 g/mol. The Morgan fingerprint density at radius 3 is 2.17 bits per heavy atom. The molecule has 1 aliphatic carbocycles. The summed E-state index contributed by atoms with van der Waals surface area (Å²) in [7, 11) is 0. The number of nitrogens with zero attached hydrogens (tertiary/aromatic N) is 2. The van der Waals surface area contributed by atoms with Gasteiger partial charge in [-0.15, -0.1) is 0 Å². The lowest BCUT2D eigenvalue weighted by molar-refractivity contribution is 0.403. The smallest absolute Gasteiger partial charge is 0.188 e. The van der Waals surface area contributed by atoms with E-state index in [-0.39, 0.29) is 0 Å². The van der Waals surface area contributed by atoms with Gasteiger partial charge in [-0.05, 0) is 50.3 Å². The molecule has 0 atom stereocenters. The first-order chi connectivity index (χ1) is 8.56. The van der Waals surface area contributed by atoms with Crippen LogP contribution in [-0.4, -0.2) is 21.5 Å². The molecule has 1 heterocycles. The van der Waals surface area contributed by atoms with Crippen LogP contribution in [0.3, 0.4) is 0 Å². The zero-order valence-corrected chi connectivity index (χ0v) is 13.2. The van der Waals surface area contributed by atoms with Gasteiger partial charge in [0.15, 0.2) is 5.16 Å². The maximum Gasteiger partial charge on any atom is 0.188 e. The zero-order valence-electron chi connectivity index (χ0n) is 11.5. The second-order valence-electron chi connectivity index (χ2n) is 5.46. The largest absolute Gasteiger partial charge is 0.228 e. The van der Waals surface area contributed by atoms with E-state index < -0.39 is 0 Å². The summed E-state index contributed by atoms with van der Waals surface area (Å²) in [4.78, 5) is 9.17. The minimum atomic E-state index is 0.420. The summed E-state index contributed by atoms with van der Waals surface area (Å²) < 4.78 is 0. The summed E-state index contributed by atoms with van der Waals surface area (Å²) in [5.74, 6) is 2.10. The SMILES string of the molecule is Cc1nc(SCC2(CS)CCCC2)nc(C)c1C. The van der Waals surface area contributed by atoms with Crippen LogP contribution in [0.4, 0.5) is 0 Å². The lowest BCUT2D eigenvalue weighted by Crippen LogP contribution is -2.21. The molecule has 0 bridgehead atoms. The summed E-state index contributed by atoms with van der Waals surface area (Å²) in [5, 5.41) is 0.934. The molecular formula is C14H22N2S2. The molecule has 100 valence electrons. The van der Waals surface area contributed by atoms with E-state index in [2.05, 4.69) is 43.4 Å². The van der Waals surface area contributed by atoms with Crippen molar-refractivity contribution in [3.63, 3.8) is 0 Å². The van der Waals surface area contributed by atoms with Crippen LogP contribution < -0.4 is 0 Å². The first kappa shape index (κ1) is 14.2. The Kier molecular flexibility index (Phi) is 4.59. The molecule has 2 rings (SSSR count). The van der Waals surface area contributed by atoms with E-state index in [9.17, 15) is 0 Å². The Morgan fingerprint density at radius 2 is 1.67 bits per heavy atom. The van der Waals surface area contributed by atoms with Crippen molar-refractivity contribution in [3.05, 3.63) is 17.0 Å². The van der Waals surface area contributed by atoms with Gasteiger partial charge in [-0.3, -0.25) is 0 Å². The highest BCUT2D eigenvalue weighted by Gasteiger charge is 2.32. The molecule has 0 aromatic carbocycles. The number of aromatic nitrogens is 2. The van der Waals surface area contributed by atoms with Gasteiger partial charge in [0.05, 0.1) is 0 Å². The lowest BCUT2D eigenvalue weighted by atomic mass is 9.91. The van der Waals surface area contributed by atoms with Gasteiger partial charge < -0.3 is 0 Å². The third kappa shape index (κ3) is 3.02. The Hall–Kier alpha value is -0.220. The summed E-state index contributed by atoms with van der Waals surface area (Å²) in [6.45, 7) is 6.22. The molecule has 1 saturated carbocycles. The zero-order chi connectivity index (χ0) is 13.2. The third-order valence-corrected chi connectivity index (χ3v) is 5.99. The second-order valence-corrected chi connectivity index (χ2v) is 6.71. The molecule has 0 amide bonds. The number of rotatable bonds is 4. The Balaban J connectivity index is 2.06. The normalized spacial score (nSPS) is 18.2. The van der Waals surface area contributed by atoms with Crippen LogP contribution in [0.2, 0.25) is 0 Å². The summed E-state index contributed by atoms with van der Waals surface area (Å²) in [5.41, 5.74) is 3.85. The number of thioether (sulfide) groups is 1. The van der Waals surface area contributed by atoms with E-state index >= 15 is 0 Å². The van der Waals surface area contributed by atoms with Crippen LogP contribution in [0.25, 0.3) is 0 Å². The first-order valence-corrected chi connectivity index (χ1v) is 8.24. The molecule has 0 N–H and O–H groups in total. The highest BCUT2D eigenvalue weighted by molar-refractivity contribution is 7.99. The van der Waals surface area contributed by atoms with E-state index in [1.807, 2.05) is 11.8 Å². The molecule has 2 nitrogen and oxygen atoms in total. The van der Waals surface area contributed by atoms with Crippen molar-refractivity contribution in [1.29, 1.82) is 0 Å². The van der Waals surface area contributed by atoms with Gasteiger partial charge in [-0.1, -0.05) is 24.6 Å². The molecule has 0 unspecified atom stereocenters. The van der Waals surface area contributed by atoms with Crippen molar-refractivity contribution in [3.8, 4) is 0 Å².